The monoisotopic (exact) mass is 222 g/mol. The van der Waals surface area contributed by atoms with Crippen LogP contribution in [0.3, 0.4) is 0 Å². The lowest BCUT2D eigenvalue weighted by Crippen LogP contribution is -2.43. The second-order valence-corrected chi connectivity index (χ2v) is 4.37. The fourth-order valence-electron chi connectivity index (χ4n) is 1.78. The van der Waals surface area contributed by atoms with E-state index in [1.165, 1.54) is 0 Å². The molecule has 0 bridgehead atoms. The van der Waals surface area contributed by atoms with Gasteiger partial charge in [-0.05, 0) is 14.0 Å². The van der Waals surface area contributed by atoms with Gasteiger partial charge in [0.1, 0.15) is 6.42 Å². The molecule has 1 N–H and O–H groups in total. The van der Waals surface area contributed by atoms with Crippen LogP contribution < -0.4 is 5.43 Å². The van der Waals surface area contributed by atoms with Crippen molar-refractivity contribution in [2.45, 2.75) is 32.7 Å². The Kier molecular flexibility index (Phi) is 4.44. The van der Waals surface area contributed by atoms with Crippen molar-refractivity contribution in [2.75, 3.05) is 13.6 Å². The summed E-state index contributed by atoms with van der Waals surface area (Å²) in [5.41, 5.74) is 3.44. The van der Waals surface area contributed by atoms with Crippen LogP contribution in [0.25, 0.3) is 0 Å². The van der Waals surface area contributed by atoms with Crippen molar-refractivity contribution < 1.29 is 4.79 Å². The van der Waals surface area contributed by atoms with E-state index in [0.29, 0.717) is 12.0 Å². The number of carbonyl (C=O) groups excluding carboxylic acids is 1. The van der Waals surface area contributed by atoms with Gasteiger partial charge in [0.15, 0.2) is 0 Å². The van der Waals surface area contributed by atoms with Crippen LogP contribution >= 0.6 is 0 Å². The molecular weight excluding hydrogens is 204 g/mol. The minimum Gasteiger partial charge on any atom is -0.303 e. The Bertz CT molecular complexity index is 331. The molecule has 2 unspecified atom stereocenters. The number of hydrogen-bond donors (Lipinski definition) is 1. The lowest BCUT2D eigenvalue weighted by molar-refractivity contribution is -0.120. The van der Waals surface area contributed by atoms with Gasteiger partial charge in [-0.25, -0.2) is 5.43 Å². The van der Waals surface area contributed by atoms with E-state index in [2.05, 4.69) is 36.3 Å². The number of carbonyl (C=O) groups is 1. The highest BCUT2D eigenvalue weighted by Gasteiger charge is 2.25. The van der Waals surface area contributed by atoms with Crippen LogP contribution in [0.2, 0.25) is 0 Å². The first-order valence-electron chi connectivity index (χ1n) is 5.47. The lowest BCUT2D eigenvalue weighted by atomic mass is 9.93. The number of nitriles is 1. The predicted molar refractivity (Wildman–Crippen MR) is 61.7 cm³/mol. The van der Waals surface area contributed by atoms with E-state index < -0.39 is 0 Å². The van der Waals surface area contributed by atoms with Gasteiger partial charge in [0, 0.05) is 30.6 Å². The van der Waals surface area contributed by atoms with Crippen LogP contribution in [0.1, 0.15) is 26.7 Å². The van der Waals surface area contributed by atoms with E-state index in [0.717, 1.165) is 18.7 Å². The van der Waals surface area contributed by atoms with Gasteiger partial charge in [-0.15, -0.1) is 0 Å². The van der Waals surface area contributed by atoms with Gasteiger partial charge in [-0.3, -0.25) is 4.79 Å². The minimum absolute atomic E-state index is 0.138. The van der Waals surface area contributed by atoms with Gasteiger partial charge in [-0.2, -0.15) is 10.4 Å². The van der Waals surface area contributed by atoms with Crippen LogP contribution in [0.4, 0.5) is 0 Å². The van der Waals surface area contributed by atoms with Crippen molar-refractivity contribution in [3.05, 3.63) is 0 Å². The SMILES string of the molecule is CC1CN(C)C(C)CC1=NNC(=O)CC#N. The molecule has 0 saturated carbocycles. The Balaban J connectivity index is 2.56. The zero-order valence-electron chi connectivity index (χ0n) is 10.0. The fourth-order valence-corrected chi connectivity index (χ4v) is 1.78. The van der Waals surface area contributed by atoms with E-state index in [9.17, 15) is 4.79 Å². The normalized spacial score (nSPS) is 28.8. The second kappa shape index (κ2) is 5.61. The van der Waals surface area contributed by atoms with Gasteiger partial charge >= 0.3 is 0 Å². The number of hydrazone groups is 1. The number of nitrogens with zero attached hydrogens (tertiary/aromatic N) is 3. The molecule has 5 nitrogen and oxygen atoms in total. The third-order valence-electron chi connectivity index (χ3n) is 2.95. The highest BCUT2D eigenvalue weighted by Crippen LogP contribution is 2.17. The van der Waals surface area contributed by atoms with Crippen molar-refractivity contribution in [1.82, 2.24) is 10.3 Å². The predicted octanol–water partition coefficient (Wildman–Crippen LogP) is 0.732. The molecule has 0 aromatic heterocycles. The van der Waals surface area contributed by atoms with Gasteiger partial charge in [-0.1, -0.05) is 6.92 Å². The number of amides is 1. The topological polar surface area (TPSA) is 68.5 Å². The molecule has 0 aromatic rings. The average molecular weight is 222 g/mol. The molecule has 1 rings (SSSR count). The maximum absolute atomic E-state index is 11.1. The number of nitrogens with one attached hydrogen (secondary N) is 1. The first kappa shape index (κ1) is 12.7. The fraction of sp³-hybridized carbons (Fsp3) is 0.727. The molecule has 88 valence electrons. The summed E-state index contributed by atoms with van der Waals surface area (Å²) in [4.78, 5) is 13.4. The quantitative estimate of drug-likeness (QED) is 0.700. The van der Waals surface area contributed by atoms with Crippen molar-refractivity contribution >= 4 is 11.6 Å². The largest absolute Gasteiger partial charge is 0.303 e. The van der Waals surface area contributed by atoms with E-state index in [1.54, 1.807) is 6.07 Å². The highest BCUT2D eigenvalue weighted by molar-refractivity contribution is 5.89. The Labute approximate surface area is 96.1 Å². The zero-order valence-corrected chi connectivity index (χ0v) is 10.0. The Morgan fingerprint density at radius 1 is 1.69 bits per heavy atom. The molecule has 1 aliphatic heterocycles. The summed E-state index contributed by atoms with van der Waals surface area (Å²) in [6, 6.07) is 2.24. The van der Waals surface area contributed by atoms with Crippen LogP contribution in [0.5, 0.6) is 0 Å². The molecule has 5 heteroatoms. The summed E-state index contributed by atoms with van der Waals surface area (Å²) >= 11 is 0. The summed E-state index contributed by atoms with van der Waals surface area (Å²) in [6.45, 7) is 5.18. The van der Waals surface area contributed by atoms with Gasteiger partial charge in [0.05, 0.1) is 6.07 Å². The molecule has 1 aliphatic rings. The van der Waals surface area contributed by atoms with Gasteiger partial charge < -0.3 is 4.90 Å². The number of hydrogen-bond acceptors (Lipinski definition) is 4. The van der Waals surface area contributed by atoms with E-state index in [1.807, 2.05) is 0 Å². The Hall–Kier alpha value is -1.41. The Morgan fingerprint density at radius 3 is 3.00 bits per heavy atom. The molecule has 0 radical (unpaired) electrons. The molecule has 0 aliphatic carbocycles. The molecule has 1 fully saturated rings. The maximum atomic E-state index is 11.1. The standard InChI is InChI=1S/C11H18N4O/c1-8-7-15(3)9(2)6-10(8)13-14-11(16)4-5-12/h8-9H,4,6-7H2,1-3H3,(H,14,16). The second-order valence-electron chi connectivity index (χ2n) is 4.37. The number of piperidine rings is 1. The first-order chi connectivity index (χ1) is 7.54. The third kappa shape index (κ3) is 3.31. The third-order valence-corrected chi connectivity index (χ3v) is 2.95. The van der Waals surface area contributed by atoms with Gasteiger partial charge in [0.25, 0.3) is 5.91 Å². The van der Waals surface area contributed by atoms with Crippen molar-refractivity contribution in [3.8, 4) is 6.07 Å². The minimum atomic E-state index is -0.339. The van der Waals surface area contributed by atoms with Crippen LogP contribution in [0.15, 0.2) is 5.10 Å². The average Bonchev–Trinajstić information content (AvgIpc) is 2.22. The molecule has 2 atom stereocenters. The lowest BCUT2D eigenvalue weighted by Gasteiger charge is -2.34. The zero-order chi connectivity index (χ0) is 12.1. The molecule has 0 aromatic carbocycles. The summed E-state index contributed by atoms with van der Waals surface area (Å²) in [7, 11) is 2.09. The van der Waals surface area contributed by atoms with Crippen molar-refractivity contribution in [3.63, 3.8) is 0 Å². The smallest absolute Gasteiger partial charge is 0.254 e. The van der Waals surface area contributed by atoms with Crippen LogP contribution in [-0.2, 0) is 4.79 Å². The summed E-state index contributed by atoms with van der Waals surface area (Å²) in [6.07, 6.45) is 0.727. The van der Waals surface area contributed by atoms with Crippen molar-refractivity contribution in [1.29, 1.82) is 5.26 Å². The Morgan fingerprint density at radius 2 is 2.38 bits per heavy atom. The summed E-state index contributed by atoms with van der Waals surface area (Å²) in [5, 5.41) is 12.4. The van der Waals surface area contributed by atoms with E-state index in [4.69, 9.17) is 5.26 Å². The van der Waals surface area contributed by atoms with Crippen LogP contribution in [-0.4, -0.2) is 36.2 Å². The molecule has 16 heavy (non-hydrogen) atoms. The molecular formula is C11H18N4O. The van der Waals surface area contributed by atoms with Crippen molar-refractivity contribution in [2.24, 2.45) is 11.0 Å². The molecule has 1 amide bonds. The van der Waals surface area contributed by atoms with Gasteiger partial charge in [0.2, 0.25) is 0 Å². The molecule has 1 heterocycles. The number of rotatable bonds is 2. The first-order valence-corrected chi connectivity index (χ1v) is 5.47. The highest BCUT2D eigenvalue weighted by atomic mass is 16.2. The summed E-state index contributed by atoms with van der Waals surface area (Å²) < 4.78 is 0. The molecule has 0 spiro atoms. The van der Waals surface area contributed by atoms with E-state index >= 15 is 0 Å². The summed E-state index contributed by atoms with van der Waals surface area (Å²) in [5.74, 6) is 0.0115. The maximum Gasteiger partial charge on any atom is 0.254 e. The van der Waals surface area contributed by atoms with E-state index in [-0.39, 0.29) is 12.3 Å². The molecule has 1 saturated heterocycles. The number of likely N-dealkylation sites (tertiary alicyclic amines) is 1. The van der Waals surface area contributed by atoms with Crippen LogP contribution in [0, 0.1) is 17.2 Å².